The number of amides is 1. The normalized spacial score (nSPS) is 10.9. The highest BCUT2D eigenvalue weighted by Crippen LogP contribution is 2.22. The van der Waals surface area contributed by atoms with Crippen molar-refractivity contribution in [1.82, 2.24) is 9.78 Å². The van der Waals surface area contributed by atoms with Crippen LogP contribution in [0, 0.1) is 6.92 Å². The van der Waals surface area contributed by atoms with Crippen molar-refractivity contribution in [2.45, 2.75) is 6.92 Å². The van der Waals surface area contributed by atoms with Gasteiger partial charge in [-0.05, 0) is 30.7 Å². The first-order chi connectivity index (χ1) is 9.04. The average Bonchev–Trinajstić information content (AvgIpc) is 2.76. The molecule has 1 aromatic carbocycles. The molecule has 0 atom stereocenters. The summed E-state index contributed by atoms with van der Waals surface area (Å²) in [6.45, 7) is 1.94. The van der Waals surface area contributed by atoms with E-state index >= 15 is 0 Å². The zero-order chi connectivity index (χ0) is 13.8. The Morgan fingerprint density at radius 1 is 1.47 bits per heavy atom. The van der Waals surface area contributed by atoms with Crippen molar-refractivity contribution in [3.05, 3.63) is 52.8 Å². The minimum atomic E-state index is -0.227. The van der Waals surface area contributed by atoms with Crippen LogP contribution < -0.4 is 5.32 Å². The molecule has 0 unspecified atom stereocenters. The lowest BCUT2D eigenvalue weighted by molar-refractivity contribution is -0.111. The van der Waals surface area contributed by atoms with E-state index in [1.807, 2.05) is 32.3 Å². The van der Waals surface area contributed by atoms with Gasteiger partial charge in [0.05, 0.1) is 16.9 Å². The Hall–Kier alpha value is -2.07. The van der Waals surface area contributed by atoms with Gasteiger partial charge in [0.25, 0.3) is 0 Å². The Morgan fingerprint density at radius 2 is 2.26 bits per heavy atom. The second-order valence-corrected chi connectivity index (χ2v) is 4.66. The number of aromatic nitrogens is 2. The predicted molar refractivity (Wildman–Crippen MR) is 77.1 cm³/mol. The van der Waals surface area contributed by atoms with Crippen molar-refractivity contribution in [3.8, 4) is 0 Å². The van der Waals surface area contributed by atoms with E-state index < -0.39 is 0 Å². The molecule has 0 bridgehead atoms. The summed E-state index contributed by atoms with van der Waals surface area (Å²) >= 11 is 6.04. The number of benzene rings is 1. The van der Waals surface area contributed by atoms with E-state index in [-0.39, 0.29) is 5.91 Å². The van der Waals surface area contributed by atoms with E-state index in [1.165, 1.54) is 6.08 Å². The number of anilines is 1. The SMILES string of the molecule is Cc1ccc(NC(=O)/C=C/c2cnn(C)c2)c(Cl)c1. The molecule has 1 amide bonds. The summed E-state index contributed by atoms with van der Waals surface area (Å²) in [5.74, 6) is -0.227. The summed E-state index contributed by atoms with van der Waals surface area (Å²) < 4.78 is 1.68. The molecule has 19 heavy (non-hydrogen) atoms. The van der Waals surface area contributed by atoms with Crippen molar-refractivity contribution in [2.75, 3.05) is 5.32 Å². The van der Waals surface area contributed by atoms with Gasteiger partial charge in [-0.1, -0.05) is 17.7 Å². The predicted octanol–water partition coefficient (Wildman–Crippen LogP) is 3.03. The van der Waals surface area contributed by atoms with Crippen LogP contribution in [0.4, 0.5) is 5.69 Å². The third kappa shape index (κ3) is 3.69. The maximum atomic E-state index is 11.7. The summed E-state index contributed by atoms with van der Waals surface area (Å²) in [4.78, 5) is 11.7. The number of nitrogens with zero attached hydrogens (tertiary/aromatic N) is 2. The molecule has 1 aromatic heterocycles. The molecule has 0 aliphatic heterocycles. The van der Waals surface area contributed by atoms with Gasteiger partial charge in [0.15, 0.2) is 0 Å². The van der Waals surface area contributed by atoms with Crippen LogP contribution in [0.2, 0.25) is 5.02 Å². The van der Waals surface area contributed by atoms with E-state index in [9.17, 15) is 4.79 Å². The van der Waals surface area contributed by atoms with E-state index in [4.69, 9.17) is 11.6 Å². The van der Waals surface area contributed by atoms with Crippen LogP contribution in [0.15, 0.2) is 36.7 Å². The van der Waals surface area contributed by atoms with Crippen LogP contribution in [0.1, 0.15) is 11.1 Å². The molecule has 4 nitrogen and oxygen atoms in total. The third-order valence-electron chi connectivity index (χ3n) is 2.53. The van der Waals surface area contributed by atoms with Gasteiger partial charge in [-0.2, -0.15) is 5.10 Å². The molecular formula is C14H14ClN3O. The average molecular weight is 276 g/mol. The van der Waals surface area contributed by atoms with Crippen molar-refractivity contribution in [2.24, 2.45) is 7.05 Å². The number of rotatable bonds is 3. The zero-order valence-electron chi connectivity index (χ0n) is 10.7. The summed E-state index contributed by atoms with van der Waals surface area (Å²) in [5.41, 5.74) is 2.52. The summed E-state index contributed by atoms with van der Waals surface area (Å²) in [7, 11) is 1.82. The monoisotopic (exact) mass is 275 g/mol. The van der Waals surface area contributed by atoms with E-state index in [0.717, 1.165) is 11.1 Å². The van der Waals surface area contributed by atoms with Gasteiger partial charge in [0, 0.05) is 24.9 Å². The fraction of sp³-hybridized carbons (Fsp3) is 0.143. The van der Waals surface area contributed by atoms with E-state index in [0.29, 0.717) is 10.7 Å². The van der Waals surface area contributed by atoms with Crippen molar-refractivity contribution < 1.29 is 4.79 Å². The maximum absolute atomic E-state index is 11.7. The van der Waals surface area contributed by atoms with Crippen LogP contribution in [0.25, 0.3) is 6.08 Å². The van der Waals surface area contributed by atoms with Gasteiger partial charge >= 0.3 is 0 Å². The van der Waals surface area contributed by atoms with Gasteiger partial charge < -0.3 is 5.32 Å². The molecule has 2 aromatic rings. The van der Waals surface area contributed by atoms with Crippen LogP contribution in [0.3, 0.4) is 0 Å². The number of carbonyl (C=O) groups excluding carboxylic acids is 1. The van der Waals surface area contributed by atoms with E-state index in [2.05, 4.69) is 10.4 Å². The number of nitrogens with one attached hydrogen (secondary N) is 1. The molecule has 0 radical (unpaired) electrons. The fourth-order valence-electron chi connectivity index (χ4n) is 1.59. The highest BCUT2D eigenvalue weighted by atomic mass is 35.5. The number of hydrogen-bond acceptors (Lipinski definition) is 2. The highest BCUT2D eigenvalue weighted by molar-refractivity contribution is 6.33. The van der Waals surface area contributed by atoms with Crippen LogP contribution >= 0.6 is 11.6 Å². The van der Waals surface area contributed by atoms with Crippen molar-refractivity contribution in [3.63, 3.8) is 0 Å². The number of halogens is 1. The minimum Gasteiger partial charge on any atom is -0.321 e. The lowest BCUT2D eigenvalue weighted by Crippen LogP contribution is -2.08. The van der Waals surface area contributed by atoms with Crippen LogP contribution in [0.5, 0.6) is 0 Å². The summed E-state index contributed by atoms with van der Waals surface area (Å²) in [5, 5.41) is 7.28. The molecule has 0 saturated carbocycles. The summed E-state index contributed by atoms with van der Waals surface area (Å²) in [6, 6.07) is 5.49. The van der Waals surface area contributed by atoms with E-state index in [1.54, 1.807) is 23.0 Å². The molecule has 5 heteroatoms. The molecule has 0 spiro atoms. The molecule has 1 N–H and O–H groups in total. The Morgan fingerprint density at radius 3 is 2.89 bits per heavy atom. The Kier molecular flexibility index (Phi) is 4.02. The minimum absolute atomic E-state index is 0.227. The van der Waals surface area contributed by atoms with Gasteiger partial charge in [-0.25, -0.2) is 0 Å². The molecule has 1 heterocycles. The lowest BCUT2D eigenvalue weighted by atomic mass is 10.2. The van der Waals surface area contributed by atoms with Gasteiger partial charge in [-0.3, -0.25) is 9.48 Å². The highest BCUT2D eigenvalue weighted by Gasteiger charge is 2.03. The fourth-order valence-corrected chi connectivity index (χ4v) is 1.88. The van der Waals surface area contributed by atoms with Gasteiger partial charge in [0.1, 0.15) is 0 Å². The second kappa shape index (κ2) is 5.71. The number of aryl methyl sites for hydroxylation is 2. The number of carbonyl (C=O) groups is 1. The standard InChI is InChI=1S/C14H14ClN3O/c1-10-3-5-13(12(15)7-10)17-14(19)6-4-11-8-16-18(2)9-11/h3-9H,1-2H3,(H,17,19)/b6-4+. The lowest BCUT2D eigenvalue weighted by Gasteiger charge is -2.05. The first-order valence-corrected chi connectivity index (χ1v) is 6.16. The molecule has 0 aliphatic carbocycles. The van der Waals surface area contributed by atoms with Crippen LogP contribution in [-0.4, -0.2) is 15.7 Å². The van der Waals surface area contributed by atoms with Gasteiger partial charge in [0.2, 0.25) is 5.91 Å². The Bertz CT molecular complexity index is 631. The first kappa shape index (κ1) is 13.4. The summed E-state index contributed by atoms with van der Waals surface area (Å²) in [6.07, 6.45) is 6.66. The first-order valence-electron chi connectivity index (χ1n) is 5.78. The smallest absolute Gasteiger partial charge is 0.248 e. The zero-order valence-corrected chi connectivity index (χ0v) is 11.5. The van der Waals surface area contributed by atoms with Crippen molar-refractivity contribution >= 4 is 29.3 Å². The molecule has 98 valence electrons. The van der Waals surface area contributed by atoms with Crippen LogP contribution in [-0.2, 0) is 11.8 Å². The number of hydrogen-bond donors (Lipinski definition) is 1. The molecule has 0 fully saturated rings. The van der Waals surface area contributed by atoms with Gasteiger partial charge in [-0.15, -0.1) is 0 Å². The maximum Gasteiger partial charge on any atom is 0.248 e. The quantitative estimate of drug-likeness (QED) is 0.875. The largest absolute Gasteiger partial charge is 0.321 e. The topological polar surface area (TPSA) is 46.9 Å². The van der Waals surface area contributed by atoms with Crippen molar-refractivity contribution in [1.29, 1.82) is 0 Å². The third-order valence-corrected chi connectivity index (χ3v) is 2.85. The molecule has 0 aliphatic rings. The second-order valence-electron chi connectivity index (χ2n) is 4.25. The molecular weight excluding hydrogens is 262 g/mol. The molecule has 2 rings (SSSR count). The molecule has 0 saturated heterocycles. The Labute approximate surface area is 116 Å². The Balaban J connectivity index is 2.03.